The SMILES string of the molecule is CN(c1ccnc(Cl)n1)[C@@H]1CCC[C@H]1F. The smallest absolute Gasteiger partial charge is 0.224 e. The van der Waals surface area contributed by atoms with Gasteiger partial charge < -0.3 is 4.90 Å². The second-order valence-electron chi connectivity index (χ2n) is 3.81. The van der Waals surface area contributed by atoms with Crippen molar-refractivity contribution in [3.05, 3.63) is 17.5 Å². The monoisotopic (exact) mass is 229 g/mol. The van der Waals surface area contributed by atoms with Crippen molar-refractivity contribution >= 4 is 17.4 Å². The number of hydrogen-bond donors (Lipinski definition) is 0. The molecule has 1 aromatic heterocycles. The summed E-state index contributed by atoms with van der Waals surface area (Å²) in [5.41, 5.74) is 0. The molecule has 0 aromatic carbocycles. The van der Waals surface area contributed by atoms with E-state index >= 15 is 0 Å². The average molecular weight is 230 g/mol. The highest BCUT2D eigenvalue weighted by atomic mass is 35.5. The fourth-order valence-electron chi connectivity index (χ4n) is 2.02. The summed E-state index contributed by atoms with van der Waals surface area (Å²) in [7, 11) is 1.85. The molecule has 1 aliphatic carbocycles. The van der Waals surface area contributed by atoms with Crippen LogP contribution in [0.2, 0.25) is 5.28 Å². The predicted octanol–water partition coefficient (Wildman–Crippen LogP) is 2.46. The molecule has 5 heteroatoms. The molecule has 1 saturated carbocycles. The molecule has 0 unspecified atom stereocenters. The molecule has 1 heterocycles. The van der Waals surface area contributed by atoms with Crippen molar-refractivity contribution in [1.29, 1.82) is 0 Å². The van der Waals surface area contributed by atoms with Crippen molar-refractivity contribution in [1.82, 2.24) is 9.97 Å². The lowest BCUT2D eigenvalue weighted by Crippen LogP contribution is -2.36. The summed E-state index contributed by atoms with van der Waals surface area (Å²) in [6.45, 7) is 0. The molecule has 0 bridgehead atoms. The van der Waals surface area contributed by atoms with E-state index in [0.29, 0.717) is 12.2 Å². The van der Waals surface area contributed by atoms with Crippen LogP contribution in [0.15, 0.2) is 12.3 Å². The van der Waals surface area contributed by atoms with E-state index in [2.05, 4.69) is 9.97 Å². The molecule has 3 nitrogen and oxygen atoms in total. The maximum absolute atomic E-state index is 13.5. The summed E-state index contributed by atoms with van der Waals surface area (Å²) in [6.07, 6.45) is 3.29. The topological polar surface area (TPSA) is 29.0 Å². The van der Waals surface area contributed by atoms with E-state index in [4.69, 9.17) is 11.6 Å². The summed E-state index contributed by atoms with van der Waals surface area (Å²) < 4.78 is 13.5. The largest absolute Gasteiger partial charge is 0.354 e. The van der Waals surface area contributed by atoms with Gasteiger partial charge in [0.25, 0.3) is 0 Å². The van der Waals surface area contributed by atoms with Crippen molar-refractivity contribution in [2.45, 2.75) is 31.5 Å². The zero-order chi connectivity index (χ0) is 10.8. The molecule has 1 aromatic rings. The van der Waals surface area contributed by atoms with Crippen LogP contribution in [-0.2, 0) is 0 Å². The molecule has 82 valence electrons. The highest BCUT2D eigenvalue weighted by Crippen LogP contribution is 2.28. The first-order valence-electron chi connectivity index (χ1n) is 5.04. The zero-order valence-corrected chi connectivity index (χ0v) is 9.28. The number of halogens is 2. The van der Waals surface area contributed by atoms with Crippen LogP contribution in [0, 0.1) is 0 Å². The van der Waals surface area contributed by atoms with Crippen molar-refractivity contribution in [3.63, 3.8) is 0 Å². The lowest BCUT2D eigenvalue weighted by molar-refractivity contribution is 0.306. The normalized spacial score (nSPS) is 25.5. The van der Waals surface area contributed by atoms with Gasteiger partial charge in [0.1, 0.15) is 12.0 Å². The summed E-state index contributed by atoms with van der Waals surface area (Å²) in [5, 5.41) is 0.202. The minimum atomic E-state index is -0.760. The molecule has 0 amide bonds. The van der Waals surface area contributed by atoms with E-state index in [1.807, 2.05) is 11.9 Å². The molecule has 0 saturated heterocycles. The van der Waals surface area contributed by atoms with Crippen LogP contribution < -0.4 is 4.90 Å². The minimum absolute atomic E-state index is 0.0732. The van der Waals surface area contributed by atoms with Crippen molar-refractivity contribution < 1.29 is 4.39 Å². The van der Waals surface area contributed by atoms with Crippen LogP contribution in [0.4, 0.5) is 10.2 Å². The van der Waals surface area contributed by atoms with Crippen LogP contribution in [-0.4, -0.2) is 29.2 Å². The number of hydrogen-bond acceptors (Lipinski definition) is 3. The molecule has 0 aliphatic heterocycles. The summed E-state index contributed by atoms with van der Waals surface area (Å²) in [5.74, 6) is 0.685. The van der Waals surface area contributed by atoms with E-state index in [1.165, 1.54) is 0 Å². The first kappa shape index (κ1) is 10.6. The van der Waals surface area contributed by atoms with E-state index in [1.54, 1.807) is 12.3 Å². The maximum Gasteiger partial charge on any atom is 0.224 e. The Morgan fingerprint density at radius 3 is 2.93 bits per heavy atom. The number of nitrogens with zero attached hydrogens (tertiary/aromatic N) is 3. The molecule has 0 radical (unpaired) electrons. The van der Waals surface area contributed by atoms with Gasteiger partial charge in [-0.2, -0.15) is 0 Å². The van der Waals surface area contributed by atoms with Crippen LogP contribution in [0.3, 0.4) is 0 Å². The van der Waals surface area contributed by atoms with E-state index in [9.17, 15) is 4.39 Å². The predicted molar refractivity (Wildman–Crippen MR) is 58.0 cm³/mol. The third-order valence-electron chi connectivity index (χ3n) is 2.87. The van der Waals surface area contributed by atoms with Crippen LogP contribution in [0.1, 0.15) is 19.3 Å². The molecular weight excluding hydrogens is 217 g/mol. The highest BCUT2D eigenvalue weighted by molar-refractivity contribution is 6.28. The standard InChI is InChI=1S/C10H13ClFN3/c1-15(8-4-2-3-7(8)12)9-5-6-13-10(11)14-9/h5-8H,2-4H2,1H3/t7-,8-/m1/s1. The summed E-state index contributed by atoms with van der Waals surface area (Å²) in [4.78, 5) is 9.72. The van der Waals surface area contributed by atoms with Crippen LogP contribution in [0.5, 0.6) is 0 Å². The van der Waals surface area contributed by atoms with Gasteiger partial charge in [0.2, 0.25) is 5.28 Å². The second kappa shape index (κ2) is 4.31. The fraction of sp³-hybridized carbons (Fsp3) is 0.600. The van der Waals surface area contributed by atoms with Crippen LogP contribution in [0.25, 0.3) is 0 Å². The number of anilines is 1. The van der Waals surface area contributed by atoms with E-state index in [-0.39, 0.29) is 11.3 Å². The molecular formula is C10H13ClFN3. The van der Waals surface area contributed by atoms with Gasteiger partial charge in [-0.1, -0.05) is 0 Å². The van der Waals surface area contributed by atoms with Gasteiger partial charge in [0.05, 0.1) is 6.04 Å². The highest BCUT2D eigenvalue weighted by Gasteiger charge is 2.30. The van der Waals surface area contributed by atoms with Gasteiger partial charge in [0, 0.05) is 13.2 Å². The minimum Gasteiger partial charge on any atom is -0.354 e. The Labute approximate surface area is 93.3 Å². The Kier molecular flexibility index (Phi) is 3.05. The van der Waals surface area contributed by atoms with Crippen molar-refractivity contribution in [2.24, 2.45) is 0 Å². The summed E-state index contributed by atoms with van der Waals surface area (Å²) >= 11 is 5.69. The van der Waals surface area contributed by atoms with Gasteiger partial charge in [-0.05, 0) is 36.9 Å². The number of aromatic nitrogens is 2. The number of rotatable bonds is 2. The van der Waals surface area contributed by atoms with Crippen molar-refractivity contribution in [2.75, 3.05) is 11.9 Å². The molecule has 2 rings (SSSR count). The second-order valence-corrected chi connectivity index (χ2v) is 4.15. The Bertz CT molecular complexity index is 347. The third kappa shape index (κ3) is 2.20. The zero-order valence-electron chi connectivity index (χ0n) is 8.53. The Hall–Kier alpha value is -0.900. The first-order valence-corrected chi connectivity index (χ1v) is 5.42. The first-order chi connectivity index (χ1) is 7.18. The van der Waals surface area contributed by atoms with Gasteiger partial charge in [0.15, 0.2) is 0 Å². The van der Waals surface area contributed by atoms with Crippen LogP contribution >= 0.6 is 11.6 Å². The van der Waals surface area contributed by atoms with Gasteiger partial charge in [-0.3, -0.25) is 0 Å². The Morgan fingerprint density at radius 2 is 2.33 bits per heavy atom. The Balaban J connectivity index is 2.16. The molecule has 1 fully saturated rings. The third-order valence-corrected chi connectivity index (χ3v) is 3.05. The lowest BCUT2D eigenvalue weighted by atomic mass is 10.2. The van der Waals surface area contributed by atoms with Gasteiger partial charge in [-0.15, -0.1) is 0 Å². The van der Waals surface area contributed by atoms with Gasteiger partial charge >= 0.3 is 0 Å². The van der Waals surface area contributed by atoms with Gasteiger partial charge in [-0.25, -0.2) is 14.4 Å². The summed E-state index contributed by atoms with van der Waals surface area (Å²) in [6, 6.07) is 1.67. The Morgan fingerprint density at radius 1 is 1.53 bits per heavy atom. The maximum atomic E-state index is 13.5. The lowest BCUT2D eigenvalue weighted by Gasteiger charge is -2.26. The molecule has 1 aliphatic rings. The van der Waals surface area contributed by atoms with E-state index in [0.717, 1.165) is 12.8 Å². The molecule has 2 atom stereocenters. The van der Waals surface area contributed by atoms with Crippen molar-refractivity contribution in [3.8, 4) is 0 Å². The average Bonchev–Trinajstić information content (AvgIpc) is 2.63. The molecule has 0 spiro atoms. The van der Waals surface area contributed by atoms with E-state index < -0.39 is 6.17 Å². The quantitative estimate of drug-likeness (QED) is 0.730. The molecule has 0 N–H and O–H groups in total. The molecule has 15 heavy (non-hydrogen) atoms. The number of alkyl halides is 1. The fourth-order valence-corrected chi connectivity index (χ4v) is 2.17.